The Morgan fingerprint density at radius 1 is 0.415 bits per heavy atom. The predicted molar refractivity (Wildman–Crippen MR) is 312 cm³/mol. The molecule has 9 aromatic rings. The lowest BCUT2D eigenvalue weighted by Crippen LogP contribution is -2.32. The van der Waals surface area contributed by atoms with Gasteiger partial charge in [0.05, 0.1) is 5.56 Å². The van der Waals surface area contributed by atoms with E-state index >= 15 is 4.79 Å². The zero-order valence-electron chi connectivity index (χ0n) is 44.6. The summed E-state index contributed by atoms with van der Waals surface area (Å²) < 4.78 is 37.2. The molecular weight excluding hydrogens is 1030 g/mol. The molecule has 1 N–H and O–H groups in total. The zero-order valence-corrected chi connectivity index (χ0v) is 44.6. The normalized spacial score (nSPS) is 11.7. The van der Waals surface area contributed by atoms with E-state index < -0.39 is 23.6 Å². The highest BCUT2D eigenvalue weighted by atomic mass is 16.5. The van der Waals surface area contributed by atoms with Crippen molar-refractivity contribution in [2.45, 2.75) is 39.6 Å². The fraction of sp³-hybridized carbons (Fsp3) is 0.0857. The van der Waals surface area contributed by atoms with E-state index in [0.29, 0.717) is 30.3 Å². The second-order valence-corrected chi connectivity index (χ2v) is 19.0. The molecule has 0 saturated heterocycles. The van der Waals surface area contributed by atoms with E-state index in [1.807, 2.05) is 187 Å². The molecule has 9 aromatic carbocycles. The van der Waals surface area contributed by atoms with Crippen LogP contribution < -0.4 is 24.3 Å². The Kier molecular flexibility index (Phi) is 18.1. The van der Waals surface area contributed by atoms with Gasteiger partial charge in [0.1, 0.15) is 78.7 Å². The summed E-state index contributed by atoms with van der Waals surface area (Å²) in [5.41, 5.74) is 5.64. The fourth-order valence-electron chi connectivity index (χ4n) is 8.74. The predicted octanol–water partition coefficient (Wildman–Crippen LogP) is 13.9. The third-order valence-corrected chi connectivity index (χ3v) is 13.0. The highest BCUT2D eigenvalue weighted by molar-refractivity contribution is 6.14. The number of allylic oxidation sites excluding steroid dienone is 3. The van der Waals surface area contributed by atoms with Crippen LogP contribution >= 0.6 is 0 Å². The number of esters is 2. The average Bonchev–Trinajstić information content (AvgIpc) is 3.84. The molecule has 0 aliphatic carbocycles. The molecule has 1 amide bonds. The summed E-state index contributed by atoms with van der Waals surface area (Å²) in [4.78, 5) is 60.0. The van der Waals surface area contributed by atoms with Crippen molar-refractivity contribution in [1.82, 2.24) is 10.2 Å². The van der Waals surface area contributed by atoms with Crippen molar-refractivity contribution in [3.63, 3.8) is 0 Å². The van der Waals surface area contributed by atoms with Gasteiger partial charge in [-0.15, -0.1) is 0 Å². The van der Waals surface area contributed by atoms with E-state index in [-0.39, 0.29) is 71.7 Å². The summed E-state index contributed by atoms with van der Waals surface area (Å²) >= 11 is 0. The molecule has 0 aromatic heterocycles. The van der Waals surface area contributed by atoms with Crippen molar-refractivity contribution in [2.75, 3.05) is 0 Å². The minimum atomic E-state index is -0.819. The van der Waals surface area contributed by atoms with Crippen LogP contribution in [0.15, 0.2) is 273 Å². The van der Waals surface area contributed by atoms with Crippen molar-refractivity contribution in [1.29, 1.82) is 0 Å². The van der Waals surface area contributed by atoms with Crippen molar-refractivity contribution >= 4 is 23.6 Å². The highest BCUT2D eigenvalue weighted by Gasteiger charge is 2.28. The molecule has 0 atom stereocenters. The molecule has 406 valence electrons. The van der Waals surface area contributed by atoms with Crippen LogP contribution in [-0.4, -0.2) is 28.5 Å². The molecule has 0 bridgehead atoms. The minimum Gasteiger partial charge on any atom is -0.489 e. The van der Waals surface area contributed by atoms with E-state index in [1.54, 1.807) is 60.8 Å². The van der Waals surface area contributed by atoms with Crippen molar-refractivity contribution in [3.05, 3.63) is 334 Å². The summed E-state index contributed by atoms with van der Waals surface area (Å²) in [6, 6.07) is 71.3. The molecule has 10 rings (SSSR count). The van der Waals surface area contributed by atoms with Crippen LogP contribution in [0.3, 0.4) is 0 Å². The van der Waals surface area contributed by atoms with E-state index in [0.717, 1.165) is 33.4 Å². The molecule has 1 aliphatic rings. The van der Waals surface area contributed by atoms with E-state index in [2.05, 4.69) is 5.32 Å². The number of carbonyl (C=O) groups is 4. The summed E-state index contributed by atoms with van der Waals surface area (Å²) in [5.74, 6) is -1.27. The number of nitrogens with one attached hydrogen (secondary N) is 1. The van der Waals surface area contributed by atoms with Crippen molar-refractivity contribution < 1.29 is 47.6 Å². The van der Waals surface area contributed by atoms with Gasteiger partial charge >= 0.3 is 11.9 Å². The molecule has 0 saturated carbocycles. The molecule has 0 spiro atoms. The largest absolute Gasteiger partial charge is 0.489 e. The van der Waals surface area contributed by atoms with Crippen LogP contribution in [-0.2, 0) is 49.1 Å². The Balaban J connectivity index is 0.979. The van der Waals surface area contributed by atoms with Gasteiger partial charge in [0, 0.05) is 29.9 Å². The third-order valence-electron chi connectivity index (χ3n) is 13.0. The molecule has 0 unspecified atom stereocenters. The standard InChI is InChI=1S/C70H56N2O10/c73-67(57-35-38-62(78-46-52-24-11-3-12-25-52)61(40-57)70(76)81-49-55-30-17-6-18-31-55)66-63(79-47-53-26-13-4-14-27-53)41-58(42-64(66)80-48-54-28-15-5-16-29-54)69(75)82-60-32-19-39-72(44-50-20-7-1-8-21-50)65(43-60)71-68(74)56-33-36-59(37-34-56)77-45-51-22-9-2-10-23-51/h1-43H,44-49H2,(H,71,74). The second kappa shape index (κ2) is 27.2. The number of benzene rings is 9. The van der Waals surface area contributed by atoms with Crippen LogP contribution in [0, 0.1) is 0 Å². The Hall–Kier alpha value is -10.7. The van der Waals surface area contributed by atoms with Gasteiger partial charge in [-0.3, -0.25) is 9.59 Å². The van der Waals surface area contributed by atoms with Crippen LogP contribution in [0.4, 0.5) is 0 Å². The maximum Gasteiger partial charge on any atom is 0.343 e. The number of rotatable bonds is 23. The van der Waals surface area contributed by atoms with Gasteiger partial charge in [0.2, 0.25) is 5.78 Å². The first-order chi connectivity index (χ1) is 40.3. The average molecular weight is 1090 g/mol. The van der Waals surface area contributed by atoms with Crippen LogP contribution in [0.25, 0.3) is 0 Å². The van der Waals surface area contributed by atoms with Gasteiger partial charge in [-0.1, -0.05) is 182 Å². The fourth-order valence-corrected chi connectivity index (χ4v) is 8.74. The Morgan fingerprint density at radius 2 is 0.866 bits per heavy atom. The highest BCUT2D eigenvalue weighted by Crippen LogP contribution is 2.36. The number of ketones is 1. The lowest BCUT2D eigenvalue weighted by atomic mass is 9.97. The number of carbonyl (C=O) groups excluding carboxylic acids is 4. The first-order valence-corrected chi connectivity index (χ1v) is 26.6. The van der Waals surface area contributed by atoms with Gasteiger partial charge in [-0.2, -0.15) is 0 Å². The smallest absolute Gasteiger partial charge is 0.343 e. The molecule has 0 fully saturated rings. The first-order valence-electron chi connectivity index (χ1n) is 26.6. The van der Waals surface area contributed by atoms with E-state index in [1.165, 1.54) is 18.2 Å². The number of ether oxygens (including phenoxy) is 6. The van der Waals surface area contributed by atoms with Crippen LogP contribution in [0.5, 0.6) is 23.0 Å². The van der Waals surface area contributed by atoms with Crippen LogP contribution in [0.2, 0.25) is 0 Å². The van der Waals surface area contributed by atoms with Gasteiger partial charge < -0.3 is 38.6 Å². The van der Waals surface area contributed by atoms with Crippen LogP contribution in [0.1, 0.15) is 80.4 Å². The molecule has 12 heteroatoms. The summed E-state index contributed by atoms with van der Waals surface area (Å²) in [7, 11) is 0. The van der Waals surface area contributed by atoms with Gasteiger partial charge in [-0.25, -0.2) is 9.59 Å². The number of amides is 1. The number of hydrogen-bond acceptors (Lipinski definition) is 11. The Morgan fingerprint density at radius 3 is 1.38 bits per heavy atom. The monoisotopic (exact) mass is 1080 g/mol. The lowest BCUT2D eigenvalue weighted by molar-refractivity contribution is 0.0467. The zero-order chi connectivity index (χ0) is 56.3. The summed E-state index contributed by atoms with van der Waals surface area (Å²) in [5, 5.41) is 3.04. The maximum absolute atomic E-state index is 15.3. The lowest BCUT2D eigenvalue weighted by Gasteiger charge is -2.24. The van der Waals surface area contributed by atoms with Crippen molar-refractivity contribution in [2.24, 2.45) is 0 Å². The van der Waals surface area contributed by atoms with Crippen molar-refractivity contribution in [3.8, 4) is 23.0 Å². The molecular formula is C70H56N2O10. The molecule has 12 nitrogen and oxygen atoms in total. The number of hydrogen-bond donors (Lipinski definition) is 1. The summed E-state index contributed by atoms with van der Waals surface area (Å²) in [6.45, 7) is 0.869. The minimum absolute atomic E-state index is 0.00348. The number of nitrogens with zero attached hydrogens (tertiary/aromatic N) is 1. The SMILES string of the molecule is O=C(NC1=CC(OC(=O)c2cc(OCc3ccccc3)c(C(=O)c3ccc(OCc4ccccc4)c(C(=O)OCc4ccccc4)c3)c(OCc3ccccc3)c2)=CC=CN1Cc1ccccc1)c1ccc(OCc2ccccc2)cc1. The van der Waals surface area contributed by atoms with Gasteiger partial charge in [0.15, 0.2) is 0 Å². The van der Waals surface area contributed by atoms with E-state index in [9.17, 15) is 14.4 Å². The molecule has 1 aliphatic heterocycles. The van der Waals surface area contributed by atoms with Gasteiger partial charge in [0.25, 0.3) is 5.91 Å². The Labute approximate surface area is 475 Å². The van der Waals surface area contributed by atoms with Gasteiger partial charge in [-0.05, 0) is 100 Å². The molecule has 1 heterocycles. The topological polar surface area (TPSA) is 139 Å². The second-order valence-electron chi connectivity index (χ2n) is 19.0. The van der Waals surface area contributed by atoms with E-state index in [4.69, 9.17) is 28.4 Å². The molecule has 0 radical (unpaired) electrons. The Bertz CT molecular complexity index is 3660. The quantitative estimate of drug-likeness (QED) is 0.0484. The third kappa shape index (κ3) is 14.9. The first kappa shape index (κ1) is 54.6. The maximum atomic E-state index is 15.3. The summed E-state index contributed by atoms with van der Waals surface area (Å²) in [6.07, 6.45) is 6.68. The molecule has 82 heavy (non-hydrogen) atoms.